The van der Waals surface area contributed by atoms with E-state index in [1.165, 1.54) is 12.1 Å². The van der Waals surface area contributed by atoms with Crippen LogP contribution >= 0.6 is 0 Å². The van der Waals surface area contributed by atoms with Crippen molar-refractivity contribution >= 4 is 16.2 Å². The number of rotatable bonds is 7. The van der Waals surface area contributed by atoms with Crippen LogP contribution < -0.4 is 5.32 Å². The number of carbonyl (C=O) groups excluding carboxylic acids is 1. The van der Waals surface area contributed by atoms with E-state index in [2.05, 4.69) is 9.50 Å². The third kappa shape index (κ3) is 10.2. The Morgan fingerprint density at radius 3 is 2.15 bits per heavy atom. The lowest BCUT2D eigenvalue weighted by Gasteiger charge is -2.24. The Labute approximate surface area is 157 Å². The van der Waals surface area contributed by atoms with Crippen LogP contribution in [0, 0.1) is 0 Å². The summed E-state index contributed by atoms with van der Waals surface area (Å²) in [5, 5.41) is 2.59. The SMILES string of the molecule is CC(C)(C)OC(=O)NC(CCOS(C)(=O)=O)Cc1ccc(C(F)(F)F)cc1. The second kappa shape index (κ2) is 8.92. The first-order valence-corrected chi connectivity index (χ1v) is 9.97. The summed E-state index contributed by atoms with van der Waals surface area (Å²) in [6.07, 6.45) is -3.92. The molecule has 6 nitrogen and oxygen atoms in total. The fourth-order valence-corrected chi connectivity index (χ4v) is 2.55. The monoisotopic (exact) mass is 411 g/mol. The van der Waals surface area contributed by atoms with Gasteiger partial charge < -0.3 is 10.1 Å². The molecule has 0 aliphatic carbocycles. The van der Waals surface area contributed by atoms with Crippen molar-refractivity contribution in [3.63, 3.8) is 0 Å². The van der Waals surface area contributed by atoms with Gasteiger partial charge in [0.2, 0.25) is 0 Å². The topological polar surface area (TPSA) is 81.7 Å². The quantitative estimate of drug-likeness (QED) is 0.695. The molecule has 0 bridgehead atoms. The predicted octanol–water partition coefficient (Wildman–Crippen LogP) is 3.51. The molecule has 0 saturated carbocycles. The molecule has 0 aliphatic heterocycles. The molecule has 1 N–H and O–H groups in total. The summed E-state index contributed by atoms with van der Waals surface area (Å²) in [6.45, 7) is 4.87. The number of alkyl carbamates (subject to hydrolysis) is 1. The zero-order valence-electron chi connectivity index (χ0n) is 15.6. The summed E-state index contributed by atoms with van der Waals surface area (Å²) in [6, 6.07) is 3.94. The van der Waals surface area contributed by atoms with Crippen LogP contribution in [0.25, 0.3) is 0 Å². The third-order valence-electron chi connectivity index (χ3n) is 3.25. The molecular weight excluding hydrogens is 387 g/mol. The highest BCUT2D eigenvalue weighted by Gasteiger charge is 2.30. The number of carbonyl (C=O) groups is 1. The van der Waals surface area contributed by atoms with Gasteiger partial charge in [-0.05, 0) is 51.3 Å². The van der Waals surface area contributed by atoms with E-state index < -0.39 is 39.6 Å². The number of amides is 1. The number of benzene rings is 1. The van der Waals surface area contributed by atoms with Gasteiger partial charge in [-0.25, -0.2) is 4.79 Å². The molecule has 1 aromatic rings. The molecule has 1 aromatic carbocycles. The summed E-state index contributed by atoms with van der Waals surface area (Å²) in [7, 11) is -3.64. The van der Waals surface area contributed by atoms with Crippen molar-refractivity contribution < 1.29 is 35.3 Å². The largest absolute Gasteiger partial charge is 0.444 e. The number of ether oxygens (including phenoxy) is 1. The van der Waals surface area contributed by atoms with Crippen LogP contribution in [0.3, 0.4) is 0 Å². The fourth-order valence-electron chi connectivity index (χ4n) is 2.16. The third-order valence-corrected chi connectivity index (χ3v) is 3.84. The van der Waals surface area contributed by atoms with Gasteiger partial charge in [-0.2, -0.15) is 21.6 Å². The van der Waals surface area contributed by atoms with Crippen molar-refractivity contribution in [2.45, 2.75) is 51.4 Å². The van der Waals surface area contributed by atoms with Crippen LogP contribution in [-0.4, -0.2) is 39.0 Å². The Morgan fingerprint density at radius 1 is 1.15 bits per heavy atom. The lowest BCUT2D eigenvalue weighted by atomic mass is 10.0. The Morgan fingerprint density at radius 2 is 1.70 bits per heavy atom. The van der Waals surface area contributed by atoms with Gasteiger partial charge in [0.05, 0.1) is 18.4 Å². The second-order valence-electron chi connectivity index (χ2n) is 7.06. The van der Waals surface area contributed by atoms with Gasteiger partial charge in [0.25, 0.3) is 10.1 Å². The summed E-state index contributed by atoms with van der Waals surface area (Å²) in [5.41, 5.74) is -0.960. The molecule has 1 amide bonds. The van der Waals surface area contributed by atoms with Gasteiger partial charge in [0.15, 0.2) is 0 Å². The fraction of sp³-hybridized carbons (Fsp3) is 0.588. The number of hydrogen-bond donors (Lipinski definition) is 1. The summed E-state index contributed by atoms with van der Waals surface area (Å²) < 4.78 is 69.9. The number of hydrogen-bond acceptors (Lipinski definition) is 5. The molecule has 0 radical (unpaired) electrons. The number of halogens is 3. The maximum Gasteiger partial charge on any atom is 0.416 e. The van der Waals surface area contributed by atoms with Gasteiger partial charge in [-0.3, -0.25) is 4.18 Å². The average Bonchev–Trinajstić information content (AvgIpc) is 2.43. The van der Waals surface area contributed by atoms with Gasteiger partial charge in [0, 0.05) is 6.04 Å². The first kappa shape index (κ1) is 23.2. The standard InChI is InChI=1S/C17H24F3NO5S/c1-16(2,3)26-15(22)21-14(9-10-25-27(4,23)24)11-12-5-7-13(8-6-12)17(18,19)20/h5-8,14H,9-11H2,1-4H3,(H,21,22). The summed E-state index contributed by atoms with van der Waals surface area (Å²) in [4.78, 5) is 12.0. The zero-order chi connectivity index (χ0) is 20.9. The van der Waals surface area contributed by atoms with E-state index in [4.69, 9.17) is 4.74 Å². The predicted molar refractivity (Wildman–Crippen MR) is 93.7 cm³/mol. The zero-order valence-corrected chi connectivity index (χ0v) is 16.4. The van der Waals surface area contributed by atoms with Crippen molar-refractivity contribution in [2.24, 2.45) is 0 Å². The minimum absolute atomic E-state index is 0.132. The molecule has 154 valence electrons. The molecular formula is C17H24F3NO5S. The molecule has 1 atom stereocenters. The van der Waals surface area contributed by atoms with Gasteiger partial charge in [0.1, 0.15) is 5.60 Å². The van der Waals surface area contributed by atoms with E-state index in [-0.39, 0.29) is 19.4 Å². The highest BCUT2D eigenvalue weighted by molar-refractivity contribution is 7.85. The van der Waals surface area contributed by atoms with Crippen LogP contribution in [0.2, 0.25) is 0 Å². The molecule has 0 fully saturated rings. The molecule has 0 spiro atoms. The van der Waals surface area contributed by atoms with E-state index in [0.717, 1.165) is 18.4 Å². The summed E-state index contributed by atoms with van der Waals surface area (Å²) in [5.74, 6) is 0. The van der Waals surface area contributed by atoms with Crippen molar-refractivity contribution in [3.05, 3.63) is 35.4 Å². The Balaban J connectivity index is 2.81. The van der Waals surface area contributed by atoms with E-state index in [9.17, 15) is 26.4 Å². The molecule has 0 aliphatic rings. The van der Waals surface area contributed by atoms with Crippen LogP contribution in [0.4, 0.5) is 18.0 Å². The number of alkyl halides is 3. The van der Waals surface area contributed by atoms with Crippen molar-refractivity contribution in [3.8, 4) is 0 Å². The molecule has 10 heteroatoms. The van der Waals surface area contributed by atoms with Crippen LogP contribution in [-0.2, 0) is 31.6 Å². The molecule has 0 saturated heterocycles. The normalized spacial score (nSPS) is 13.9. The summed E-state index contributed by atoms with van der Waals surface area (Å²) >= 11 is 0. The van der Waals surface area contributed by atoms with Crippen molar-refractivity contribution in [1.29, 1.82) is 0 Å². The Hall–Kier alpha value is -1.81. The highest BCUT2D eigenvalue weighted by atomic mass is 32.2. The van der Waals surface area contributed by atoms with Gasteiger partial charge in [-0.1, -0.05) is 12.1 Å². The highest BCUT2D eigenvalue weighted by Crippen LogP contribution is 2.29. The van der Waals surface area contributed by atoms with Crippen molar-refractivity contribution in [2.75, 3.05) is 12.9 Å². The van der Waals surface area contributed by atoms with Crippen LogP contribution in [0.15, 0.2) is 24.3 Å². The Bertz CT molecular complexity index is 724. The minimum Gasteiger partial charge on any atom is -0.444 e. The van der Waals surface area contributed by atoms with Crippen LogP contribution in [0.5, 0.6) is 0 Å². The molecule has 1 unspecified atom stereocenters. The van der Waals surface area contributed by atoms with Gasteiger partial charge in [-0.15, -0.1) is 0 Å². The van der Waals surface area contributed by atoms with Crippen molar-refractivity contribution in [1.82, 2.24) is 5.32 Å². The maximum absolute atomic E-state index is 12.6. The van der Waals surface area contributed by atoms with Gasteiger partial charge >= 0.3 is 12.3 Å². The Kier molecular flexibility index (Phi) is 7.67. The smallest absolute Gasteiger partial charge is 0.416 e. The first-order valence-electron chi connectivity index (χ1n) is 8.16. The number of nitrogens with one attached hydrogen (secondary N) is 1. The maximum atomic E-state index is 12.6. The lowest BCUT2D eigenvalue weighted by molar-refractivity contribution is -0.137. The van der Waals surface area contributed by atoms with E-state index >= 15 is 0 Å². The first-order chi connectivity index (χ1) is 12.2. The lowest BCUT2D eigenvalue weighted by Crippen LogP contribution is -2.41. The average molecular weight is 411 g/mol. The molecule has 0 heterocycles. The molecule has 27 heavy (non-hydrogen) atoms. The van der Waals surface area contributed by atoms with E-state index in [1.54, 1.807) is 20.8 Å². The second-order valence-corrected chi connectivity index (χ2v) is 8.70. The molecule has 0 aromatic heterocycles. The van der Waals surface area contributed by atoms with Crippen LogP contribution in [0.1, 0.15) is 38.3 Å². The van der Waals surface area contributed by atoms with E-state index in [0.29, 0.717) is 5.56 Å². The minimum atomic E-state index is -4.43. The van der Waals surface area contributed by atoms with E-state index in [1.807, 2.05) is 0 Å². The molecule has 1 rings (SSSR count).